The number of nitrogens with zero attached hydrogens (tertiary/aromatic N) is 3. The van der Waals surface area contributed by atoms with Gasteiger partial charge in [-0.15, -0.1) is 18.3 Å². The number of thiocarbonyl (C=S) groups is 1. The standard InChI is InChI=1S/C32H35F3N6O2S/c1-4-23-11-8-13-27(21(2)3)28(23)38-31(44)39-30(42)36-18-6-5-9-22-10-7-12-24(19-22)29-37-20-41(40-29)25-14-16-26(17-15-25)43-32(33,34)35/h7-8,10-17,19-21H,4-6,9,18H2,1-3H3,(H3,36,38,39,42,44). The molecule has 0 atom stereocenters. The molecule has 4 aromatic rings. The number of benzene rings is 3. The summed E-state index contributed by atoms with van der Waals surface area (Å²) in [6.45, 7) is 6.82. The van der Waals surface area contributed by atoms with E-state index in [1.54, 1.807) is 0 Å². The van der Waals surface area contributed by atoms with Gasteiger partial charge in [0.15, 0.2) is 10.9 Å². The third-order valence-corrected chi connectivity index (χ3v) is 7.05. The van der Waals surface area contributed by atoms with Crippen molar-refractivity contribution in [3.63, 3.8) is 0 Å². The van der Waals surface area contributed by atoms with Crippen LogP contribution in [0.15, 0.2) is 73.1 Å². The van der Waals surface area contributed by atoms with Gasteiger partial charge in [-0.05, 0) is 90.8 Å². The first-order valence-corrected chi connectivity index (χ1v) is 14.8. The van der Waals surface area contributed by atoms with Gasteiger partial charge in [0.1, 0.15) is 12.1 Å². The number of hydrogen-bond acceptors (Lipinski definition) is 5. The van der Waals surface area contributed by atoms with Gasteiger partial charge in [-0.25, -0.2) is 14.5 Å². The molecule has 3 N–H and O–H groups in total. The topological polar surface area (TPSA) is 93.1 Å². The van der Waals surface area contributed by atoms with Crippen LogP contribution in [0.3, 0.4) is 0 Å². The fraction of sp³-hybridized carbons (Fsp3) is 0.312. The summed E-state index contributed by atoms with van der Waals surface area (Å²) >= 11 is 5.40. The first-order valence-electron chi connectivity index (χ1n) is 14.4. The van der Waals surface area contributed by atoms with E-state index in [2.05, 4.69) is 63.7 Å². The first-order chi connectivity index (χ1) is 21.0. The molecular weight excluding hydrogens is 589 g/mol. The Kier molecular flexibility index (Phi) is 10.9. The number of amides is 2. The van der Waals surface area contributed by atoms with Crippen LogP contribution in [0.1, 0.15) is 56.2 Å². The van der Waals surface area contributed by atoms with Crippen molar-refractivity contribution < 1.29 is 22.7 Å². The number of urea groups is 1. The molecule has 232 valence electrons. The lowest BCUT2D eigenvalue weighted by Gasteiger charge is -2.19. The highest BCUT2D eigenvalue weighted by atomic mass is 32.1. The Hall–Kier alpha value is -4.45. The lowest BCUT2D eigenvalue weighted by atomic mass is 9.97. The lowest BCUT2D eigenvalue weighted by Crippen LogP contribution is -2.42. The predicted molar refractivity (Wildman–Crippen MR) is 169 cm³/mol. The molecule has 4 rings (SSSR count). The highest BCUT2D eigenvalue weighted by molar-refractivity contribution is 7.80. The Morgan fingerprint density at radius 3 is 2.50 bits per heavy atom. The number of hydrogen-bond donors (Lipinski definition) is 3. The van der Waals surface area contributed by atoms with Gasteiger partial charge >= 0.3 is 12.4 Å². The van der Waals surface area contributed by atoms with Crippen molar-refractivity contribution in [1.82, 2.24) is 25.4 Å². The maximum atomic E-state index is 12.4. The number of nitrogens with one attached hydrogen (secondary N) is 3. The molecule has 0 fully saturated rings. The molecule has 2 amide bonds. The second kappa shape index (κ2) is 14.8. The molecule has 0 aliphatic heterocycles. The number of anilines is 1. The predicted octanol–water partition coefficient (Wildman–Crippen LogP) is 7.54. The largest absolute Gasteiger partial charge is 0.573 e. The van der Waals surface area contributed by atoms with E-state index in [-0.39, 0.29) is 16.9 Å². The zero-order valence-corrected chi connectivity index (χ0v) is 25.6. The summed E-state index contributed by atoms with van der Waals surface area (Å²) in [4.78, 5) is 16.8. The van der Waals surface area contributed by atoms with Crippen LogP contribution in [-0.2, 0) is 12.8 Å². The van der Waals surface area contributed by atoms with Gasteiger partial charge in [-0.2, -0.15) is 0 Å². The molecule has 0 unspecified atom stereocenters. The van der Waals surface area contributed by atoms with Gasteiger partial charge < -0.3 is 15.4 Å². The summed E-state index contributed by atoms with van der Waals surface area (Å²) < 4.78 is 42.6. The monoisotopic (exact) mass is 624 g/mol. The Bertz CT molecular complexity index is 1570. The van der Waals surface area contributed by atoms with Gasteiger partial charge in [0.2, 0.25) is 0 Å². The SMILES string of the molecule is CCc1cccc(C(C)C)c1NC(=S)NC(=O)NCCCCc1cccc(-c2ncn(-c3ccc(OC(F)(F)F)cc3)n2)c1. The number of halogens is 3. The summed E-state index contributed by atoms with van der Waals surface area (Å²) in [6.07, 6.45) is 0.0261. The van der Waals surface area contributed by atoms with Crippen LogP contribution < -0.4 is 20.7 Å². The number of aromatic nitrogens is 3. The average Bonchev–Trinajstić information content (AvgIpc) is 3.47. The summed E-state index contributed by atoms with van der Waals surface area (Å²) in [6, 6.07) is 19.1. The maximum absolute atomic E-state index is 12.4. The van der Waals surface area contributed by atoms with Crippen LogP contribution >= 0.6 is 12.2 Å². The number of aryl methyl sites for hydroxylation is 2. The van der Waals surface area contributed by atoms with Gasteiger partial charge in [0.05, 0.1) is 5.69 Å². The highest BCUT2D eigenvalue weighted by Crippen LogP contribution is 2.28. The minimum Gasteiger partial charge on any atom is -0.406 e. The molecule has 0 spiro atoms. The molecule has 0 aliphatic carbocycles. The third kappa shape index (κ3) is 9.27. The minimum absolute atomic E-state index is 0.255. The van der Waals surface area contributed by atoms with Crippen LogP contribution in [0.4, 0.5) is 23.7 Å². The Labute approximate surface area is 260 Å². The second-order valence-electron chi connectivity index (χ2n) is 10.4. The van der Waals surface area contributed by atoms with E-state index in [1.807, 2.05) is 30.3 Å². The van der Waals surface area contributed by atoms with E-state index in [9.17, 15) is 18.0 Å². The number of ether oxygens (including phenoxy) is 1. The molecule has 12 heteroatoms. The molecule has 1 heterocycles. The van der Waals surface area contributed by atoms with Crippen molar-refractivity contribution in [2.45, 2.75) is 58.7 Å². The van der Waals surface area contributed by atoms with Gasteiger partial charge in [0.25, 0.3) is 0 Å². The number of carbonyl (C=O) groups excluding carboxylic acids is 1. The van der Waals surface area contributed by atoms with E-state index in [0.29, 0.717) is 24.0 Å². The molecule has 0 saturated carbocycles. The van der Waals surface area contributed by atoms with E-state index in [4.69, 9.17) is 12.2 Å². The minimum atomic E-state index is -4.75. The van der Waals surface area contributed by atoms with Crippen LogP contribution in [0, 0.1) is 0 Å². The molecule has 0 bridgehead atoms. The van der Waals surface area contributed by atoms with Crippen molar-refractivity contribution in [2.24, 2.45) is 0 Å². The van der Waals surface area contributed by atoms with E-state index in [1.165, 1.54) is 35.3 Å². The number of para-hydroxylation sites is 1. The molecule has 3 aromatic carbocycles. The van der Waals surface area contributed by atoms with Crippen molar-refractivity contribution in [3.05, 3.63) is 89.7 Å². The van der Waals surface area contributed by atoms with Crippen LogP contribution in [0.2, 0.25) is 0 Å². The van der Waals surface area contributed by atoms with Crippen LogP contribution in [0.5, 0.6) is 5.75 Å². The van der Waals surface area contributed by atoms with Gasteiger partial charge in [-0.3, -0.25) is 5.32 Å². The van der Waals surface area contributed by atoms with Crippen molar-refractivity contribution in [2.75, 3.05) is 11.9 Å². The fourth-order valence-electron chi connectivity index (χ4n) is 4.68. The number of carbonyl (C=O) groups is 1. The second-order valence-corrected chi connectivity index (χ2v) is 10.8. The maximum Gasteiger partial charge on any atom is 0.573 e. The molecule has 8 nitrogen and oxygen atoms in total. The Morgan fingerprint density at radius 1 is 1.05 bits per heavy atom. The summed E-state index contributed by atoms with van der Waals surface area (Å²) in [5, 5.41) is 13.5. The van der Waals surface area contributed by atoms with Crippen molar-refractivity contribution in [1.29, 1.82) is 0 Å². The summed E-state index contributed by atoms with van der Waals surface area (Å²) in [5.41, 5.74) is 5.71. The summed E-state index contributed by atoms with van der Waals surface area (Å²) in [7, 11) is 0. The van der Waals surface area contributed by atoms with E-state index >= 15 is 0 Å². The molecular formula is C32H35F3N6O2S. The third-order valence-electron chi connectivity index (χ3n) is 6.84. The molecule has 1 aromatic heterocycles. The lowest BCUT2D eigenvalue weighted by molar-refractivity contribution is -0.274. The average molecular weight is 625 g/mol. The molecule has 0 radical (unpaired) electrons. The zero-order chi connectivity index (χ0) is 31.7. The van der Waals surface area contributed by atoms with Gasteiger partial charge in [0, 0.05) is 17.8 Å². The quantitative estimate of drug-likeness (QED) is 0.118. The van der Waals surface area contributed by atoms with Crippen LogP contribution in [-0.4, -0.2) is 38.8 Å². The summed E-state index contributed by atoms with van der Waals surface area (Å²) in [5.74, 6) is 0.498. The molecule has 0 saturated heterocycles. The number of rotatable bonds is 11. The molecule has 0 aliphatic rings. The Balaban J connectivity index is 1.22. The fourth-order valence-corrected chi connectivity index (χ4v) is 4.88. The number of unbranched alkanes of at least 4 members (excludes halogenated alkanes) is 1. The van der Waals surface area contributed by atoms with Crippen molar-refractivity contribution >= 4 is 29.0 Å². The normalized spacial score (nSPS) is 11.3. The van der Waals surface area contributed by atoms with Crippen molar-refractivity contribution in [3.8, 4) is 22.8 Å². The molecule has 44 heavy (non-hydrogen) atoms. The highest BCUT2D eigenvalue weighted by Gasteiger charge is 2.31. The smallest absolute Gasteiger partial charge is 0.406 e. The zero-order valence-electron chi connectivity index (χ0n) is 24.7. The van der Waals surface area contributed by atoms with Crippen LogP contribution in [0.25, 0.3) is 17.1 Å². The number of alkyl halides is 3. The van der Waals surface area contributed by atoms with E-state index in [0.717, 1.165) is 53.6 Å². The van der Waals surface area contributed by atoms with Gasteiger partial charge in [-0.1, -0.05) is 57.2 Å². The first kappa shape index (κ1) is 32.5. The van der Waals surface area contributed by atoms with E-state index < -0.39 is 6.36 Å². The Morgan fingerprint density at radius 2 is 1.80 bits per heavy atom.